The second-order valence-electron chi connectivity index (χ2n) is 4.96. The highest BCUT2D eigenvalue weighted by atomic mass is 16.5. The summed E-state index contributed by atoms with van der Waals surface area (Å²) in [6, 6.07) is 12.3. The molecule has 0 heterocycles. The van der Waals surface area contributed by atoms with Gasteiger partial charge < -0.3 is 14.6 Å². The molecule has 2 aromatic rings. The Kier molecular flexibility index (Phi) is 5.49. The van der Waals surface area contributed by atoms with Gasteiger partial charge in [0.2, 0.25) is 0 Å². The van der Waals surface area contributed by atoms with Crippen molar-refractivity contribution >= 4 is 11.9 Å². The van der Waals surface area contributed by atoms with E-state index in [0.29, 0.717) is 12.0 Å². The summed E-state index contributed by atoms with van der Waals surface area (Å²) in [5.41, 5.74) is 3.06. The molecule has 0 fully saturated rings. The molecule has 5 nitrogen and oxygen atoms in total. The molecule has 0 amide bonds. The van der Waals surface area contributed by atoms with Crippen LogP contribution in [0.1, 0.15) is 26.3 Å². The maximum Gasteiger partial charge on any atom is 0.337 e. The molecule has 0 aromatic heterocycles. The molecule has 0 aliphatic carbocycles. The van der Waals surface area contributed by atoms with E-state index >= 15 is 0 Å². The molecular weight excluding hydrogens is 296 g/mol. The van der Waals surface area contributed by atoms with Gasteiger partial charge in [-0.25, -0.2) is 9.59 Å². The number of carbonyl (C=O) groups is 2. The second-order valence-corrected chi connectivity index (χ2v) is 4.96. The maximum absolute atomic E-state index is 11.8. The lowest BCUT2D eigenvalue weighted by Crippen LogP contribution is -2.07. The predicted octanol–water partition coefficient (Wildman–Crippen LogP) is 2.46. The van der Waals surface area contributed by atoms with Gasteiger partial charge in [-0.1, -0.05) is 24.3 Å². The minimum absolute atomic E-state index is 0.0546. The van der Waals surface area contributed by atoms with Gasteiger partial charge >= 0.3 is 11.9 Å². The third-order valence-corrected chi connectivity index (χ3v) is 3.44. The minimum Gasteiger partial charge on any atom is -0.465 e. The summed E-state index contributed by atoms with van der Waals surface area (Å²) >= 11 is 0. The van der Waals surface area contributed by atoms with Gasteiger partial charge in [-0.2, -0.15) is 0 Å². The number of rotatable bonds is 5. The molecule has 0 bridgehead atoms. The number of aliphatic hydroxyl groups is 1. The molecule has 1 N–H and O–H groups in total. The largest absolute Gasteiger partial charge is 0.465 e. The Bertz CT molecular complexity index is 687. The highest BCUT2D eigenvalue weighted by molar-refractivity contribution is 5.97. The number of carbonyl (C=O) groups excluding carboxylic acids is 2. The molecule has 0 unspecified atom stereocenters. The van der Waals surface area contributed by atoms with Crippen LogP contribution in [-0.2, 0) is 15.9 Å². The van der Waals surface area contributed by atoms with Crippen molar-refractivity contribution in [3.63, 3.8) is 0 Å². The van der Waals surface area contributed by atoms with E-state index in [9.17, 15) is 9.59 Å². The standard InChI is InChI=1S/C18H18O5/c1-22-17(20)15-9-14(10-16(11-15)18(21)23-2)13-5-3-4-12(8-13)6-7-19/h3-5,8-11,19H,6-7H2,1-2H3. The van der Waals surface area contributed by atoms with Gasteiger partial charge in [0.1, 0.15) is 0 Å². The Morgan fingerprint density at radius 2 is 1.52 bits per heavy atom. The monoisotopic (exact) mass is 314 g/mol. The Morgan fingerprint density at radius 3 is 2.04 bits per heavy atom. The van der Waals surface area contributed by atoms with Crippen molar-refractivity contribution in [3.8, 4) is 11.1 Å². The molecule has 5 heteroatoms. The molecular formula is C18H18O5. The van der Waals surface area contributed by atoms with Gasteiger partial charge in [0.05, 0.1) is 25.3 Å². The van der Waals surface area contributed by atoms with Crippen LogP contribution in [0, 0.1) is 0 Å². The molecule has 0 atom stereocenters. The van der Waals surface area contributed by atoms with Gasteiger partial charge in [0.15, 0.2) is 0 Å². The lowest BCUT2D eigenvalue weighted by atomic mass is 9.97. The van der Waals surface area contributed by atoms with E-state index in [1.54, 1.807) is 12.1 Å². The summed E-state index contributed by atoms with van der Waals surface area (Å²) in [7, 11) is 2.57. The first-order valence-corrected chi connectivity index (χ1v) is 7.11. The van der Waals surface area contributed by atoms with Crippen LogP contribution in [0.5, 0.6) is 0 Å². The van der Waals surface area contributed by atoms with Crippen molar-refractivity contribution in [2.24, 2.45) is 0 Å². The third kappa shape index (κ3) is 3.96. The summed E-state index contributed by atoms with van der Waals surface area (Å²) in [5.74, 6) is -1.05. The molecule has 0 aliphatic rings. The lowest BCUT2D eigenvalue weighted by molar-refractivity contribution is 0.0599. The molecule has 2 aromatic carbocycles. The number of hydrogen-bond donors (Lipinski definition) is 1. The first kappa shape index (κ1) is 16.7. The normalized spacial score (nSPS) is 10.2. The van der Waals surface area contributed by atoms with Crippen molar-refractivity contribution in [2.45, 2.75) is 6.42 Å². The van der Waals surface area contributed by atoms with Crippen LogP contribution in [-0.4, -0.2) is 37.9 Å². The number of hydrogen-bond acceptors (Lipinski definition) is 5. The van der Waals surface area contributed by atoms with Crippen LogP contribution in [0.15, 0.2) is 42.5 Å². The number of esters is 2. The Labute approximate surface area is 134 Å². The smallest absolute Gasteiger partial charge is 0.337 e. The van der Waals surface area contributed by atoms with Crippen LogP contribution in [0.3, 0.4) is 0 Å². The zero-order valence-electron chi connectivity index (χ0n) is 13.0. The van der Waals surface area contributed by atoms with Gasteiger partial charge in [-0.05, 0) is 41.3 Å². The zero-order chi connectivity index (χ0) is 16.8. The number of ether oxygens (including phenoxy) is 2. The Hall–Kier alpha value is -2.66. The highest BCUT2D eigenvalue weighted by Crippen LogP contribution is 2.24. The van der Waals surface area contributed by atoms with Crippen LogP contribution < -0.4 is 0 Å². The summed E-state index contributed by atoms with van der Waals surface area (Å²) in [5, 5.41) is 9.06. The molecule has 0 saturated heterocycles. The van der Waals surface area contributed by atoms with Gasteiger partial charge in [-0.3, -0.25) is 0 Å². The predicted molar refractivity (Wildman–Crippen MR) is 85.3 cm³/mol. The van der Waals surface area contributed by atoms with Crippen molar-refractivity contribution in [2.75, 3.05) is 20.8 Å². The molecule has 2 rings (SSSR count). The fraction of sp³-hybridized carbons (Fsp3) is 0.222. The molecule has 0 saturated carbocycles. The van der Waals surface area contributed by atoms with Gasteiger partial charge in [0.25, 0.3) is 0 Å². The van der Waals surface area contributed by atoms with E-state index in [0.717, 1.165) is 11.1 Å². The minimum atomic E-state index is -0.525. The average molecular weight is 314 g/mol. The van der Waals surface area contributed by atoms with Crippen molar-refractivity contribution in [1.82, 2.24) is 0 Å². The Morgan fingerprint density at radius 1 is 0.913 bits per heavy atom. The summed E-state index contributed by atoms with van der Waals surface area (Å²) < 4.78 is 9.47. The van der Waals surface area contributed by atoms with E-state index < -0.39 is 11.9 Å². The Balaban J connectivity index is 2.54. The first-order chi connectivity index (χ1) is 11.1. The third-order valence-electron chi connectivity index (χ3n) is 3.44. The van der Waals surface area contributed by atoms with Crippen LogP contribution >= 0.6 is 0 Å². The number of benzene rings is 2. The van der Waals surface area contributed by atoms with E-state index in [1.807, 2.05) is 24.3 Å². The molecule has 0 spiro atoms. The average Bonchev–Trinajstić information content (AvgIpc) is 2.60. The molecule has 120 valence electrons. The summed E-state index contributed by atoms with van der Waals surface area (Å²) in [6.45, 7) is 0.0546. The molecule has 0 aliphatic heterocycles. The van der Waals surface area contributed by atoms with E-state index in [1.165, 1.54) is 20.3 Å². The SMILES string of the molecule is COC(=O)c1cc(C(=O)OC)cc(-c2cccc(CCO)c2)c1. The van der Waals surface area contributed by atoms with Crippen molar-refractivity contribution in [1.29, 1.82) is 0 Å². The highest BCUT2D eigenvalue weighted by Gasteiger charge is 2.14. The van der Waals surface area contributed by atoms with E-state index in [4.69, 9.17) is 14.6 Å². The second kappa shape index (κ2) is 7.56. The van der Waals surface area contributed by atoms with E-state index in [2.05, 4.69) is 0 Å². The van der Waals surface area contributed by atoms with Gasteiger partial charge in [-0.15, -0.1) is 0 Å². The van der Waals surface area contributed by atoms with Crippen molar-refractivity contribution < 1.29 is 24.2 Å². The number of methoxy groups -OCH3 is 2. The van der Waals surface area contributed by atoms with E-state index in [-0.39, 0.29) is 17.7 Å². The quantitative estimate of drug-likeness (QED) is 0.858. The fourth-order valence-corrected chi connectivity index (χ4v) is 2.30. The molecule has 0 radical (unpaired) electrons. The fourth-order valence-electron chi connectivity index (χ4n) is 2.30. The summed E-state index contributed by atoms with van der Waals surface area (Å²) in [4.78, 5) is 23.6. The van der Waals surface area contributed by atoms with Crippen LogP contribution in [0.2, 0.25) is 0 Å². The number of aliphatic hydroxyl groups excluding tert-OH is 1. The van der Waals surface area contributed by atoms with Crippen LogP contribution in [0.25, 0.3) is 11.1 Å². The summed E-state index contributed by atoms with van der Waals surface area (Å²) in [6.07, 6.45) is 0.536. The maximum atomic E-state index is 11.8. The first-order valence-electron chi connectivity index (χ1n) is 7.11. The van der Waals surface area contributed by atoms with Crippen LogP contribution in [0.4, 0.5) is 0 Å². The zero-order valence-corrected chi connectivity index (χ0v) is 13.0. The lowest BCUT2D eigenvalue weighted by Gasteiger charge is -2.09. The van der Waals surface area contributed by atoms with Gasteiger partial charge in [0, 0.05) is 6.61 Å². The topological polar surface area (TPSA) is 72.8 Å². The molecule has 23 heavy (non-hydrogen) atoms. The van der Waals surface area contributed by atoms with Crippen molar-refractivity contribution in [3.05, 3.63) is 59.2 Å².